The number of hydrogen-bond acceptors (Lipinski definition) is 0. The number of halogens is 3. The average Bonchev–Trinajstić information content (AvgIpc) is 2.08. The van der Waals surface area contributed by atoms with Crippen LogP contribution in [0.3, 0.4) is 0 Å². The van der Waals surface area contributed by atoms with E-state index in [2.05, 4.69) is 13.8 Å². The molecular formula is C13H17Cl3. The van der Waals surface area contributed by atoms with E-state index in [4.69, 9.17) is 34.8 Å². The smallest absolute Gasteiger partial charge is 0.0439 e. The van der Waals surface area contributed by atoms with Crippen molar-refractivity contribution in [3.63, 3.8) is 0 Å². The third-order valence-electron chi connectivity index (χ3n) is 2.51. The van der Waals surface area contributed by atoms with Crippen LogP contribution in [0.1, 0.15) is 32.8 Å². The quantitative estimate of drug-likeness (QED) is 0.631. The molecule has 0 N–H and O–H groups in total. The molecule has 1 atom stereocenters. The first-order valence-corrected chi connectivity index (χ1v) is 6.57. The summed E-state index contributed by atoms with van der Waals surface area (Å²) >= 11 is 18.2. The van der Waals surface area contributed by atoms with Crippen LogP contribution in [-0.2, 0) is 6.42 Å². The fourth-order valence-corrected chi connectivity index (χ4v) is 2.82. The zero-order valence-corrected chi connectivity index (χ0v) is 12.1. The minimum Gasteiger partial charge on any atom is -0.123 e. The molecule has 0 heterocycles. The fraction of sp³-hybridized carbons (Fsp3) is 0.538. The lowest BCUT2D eigenvalue weighted by molar-refractivity contribution is 0.332. The minimum absolute atomic E-state index is 0.134. The molecule has 0 spiro atoms. The van der Waals surface area contributed by atoms with Crippen LogP contribution >= 0.6 is 34.8 Å². The first kappa shape index (κ1) is 14.2. The van der Waals surface area contributed by atoms with Gasteiger partial charge in [0.1, 0.15) is 0 Å². The van der Waals surface area contributed by atoms with Crippen LogP contribution in [0.4, 0.5) is 0 Å². The Labute approximate surface area is 113 Å². The summed E-state index contributed by atoms with van der Waals surface area (Å²) in [6, 6.07) is 5.59. The van der Waals surface area contributed by atoms with Crippen LogP contribution in [0.25, 0.3) is 0 Å². The zero-order valence-electron chi connectivity index (χ0n) is 9.86. The first-order chi connectivity index (χ1) is 7.30. The SMILES string of the molecule is CC(Cl)CC(C)(C)Cc1cc(Cl)ccc1Cl. The first-order valence-electron chi connectivity index (χ1n) is 5.38. The Morgan fingerprint density at radius 1 is 1.25 bits per heavy atom. The Kier molecular flexibility index (Phi) is 4.97. The van der Waals surface area contributed by atoms with Crippen LogP contribution in [0, 0.1) is 5.41 Å². The van der Waals surface area contributed by atoms with E-state index in [1.807, 2.05) is 25.1 Å². The lowest BCUT2D eigenvalue weighted by Crippen LogP contribution is -2.19. The topological polar surface area (TPSA) is 0 Å². The summed E-state index contributed by atoms with van der Waals surface area (Å²) in [6.45, 7) is 6.41. The largest absolute Gasteiger partial charge is 0.123 e. The van der Waals surface area contributed by atoms with E-state index in [0.29, 0.717) is 0 Å². The molecule has 0 aliphatic rings. The molecule has 0 saturated carbocycles. The molecule has 0 amide bonds. The molecule has 16 heavy (non-hydrogen) atoms. The van der Waals surface area contributed by atoms with Gasteiger partial charge in [-0.2, -0.15) is 0 Å². The molecule has 0 aliphatic heterocycles. The van der Waals surface area contributed by atoms with Gasteiger partial charge >= 0.3 is 0 Å². The monoisotopic (exact) mass is 278 g/mol. The minimum atomic E-state index is 0.134. The predicted molar refractivity (Wildman–Crippen MR) is 73.9 cm³/mol. The highest BCUT2D eigenvalue weighted by Crippen LogP contribution is 2.32. The van der Waals surface area contributed by atoms with Crippen molar-refractivity contribution in [3.05, 3.63) is 33.8 Å². The summed E-state index contributed by atoms with van der Waals surface area (Å²) < 4.78 is 0. The second kappa shape index (κ2) is 5.62. The normalized spacial score (nSPS) is 13.9. The Hall–Kier alpha value is 0.0900. The summed E-state index contributed by atoms with van der Waals surface area (Å²) in [5.41, 5.74) is 1.23. The van der Waals surface area contributed by atoms with E-state index in [1.165, 1.54) is 0 Å². The van der Waals surface area contributed by atoms with E-state index in [1.54, 1.807) is 0 Å². The van der Waals surface area contributed by atoms with Gasteiger partial charge < -0.3 is 0 Å². The molecule has 0 saturated heterocycles. The van der Waals surface area contributed by atoms with Crippen LogP contribution in [-0.4, -0.2) is 5.38 Å². The maximum atomic E-state index is 6.15. The van der Waals surface area contributed by atoms with Crippen molar-refractivity contribution in [3.8, 4) is 0 Å². The maximum Gasteiger partial charge on any atom is 0.0439 e. The summed E-state index contributed by atoms with van der Waals surface area (Å²) in [5, 5.41) is 1.68. The molecule has 0 fully saturated rings. The molecule has 1 unspecified atom stereocenters. The van der Waals surface area contributed by atoms with Gasteiger partial charge in [0.25, 0.3) is 0 Å². The average molecular weight is 280 g/mol. The number of hydrogen-bond donors (Lipinski definition) is 0. The van der Waals surface area contributed by atoms with Crippen molar-refractivity contribution in [2.45, 2.75) is 39.0 Å². The van der Waals surface area contributed by atoms with Crippen molar-refractivity contribution >= 4 is 34.8 Å². The third-order valence-corrected chi connectivity index (χ3v) is 3.27. The summed E-state index contributed by atoms with van der Waals surface area (Å²) in [5.74, 6) is 0. The lowest BCUT2D eigenvalue weighted by Gasteiger charge is -2.26. The van der Waals surface area contributed by atoms with Gasteiger partial charge in [-0.1, -0.05) is 37.0 Å². The van der Waals surface area contributed by atoms with Crippen LogP contribution in [0.2, 0.25) is 10.0 Å². The van der Waals surface area contributed by atoms with Crippen LogP contribution < -0.4 is 0 Å². The van der Waals surface area contributed by atoms with Gasteiger partial charge in [0.15, 0.2) is 0 Å². The molecule has 1 rings (SSSR count). The van der Waals surface area contributed by atoms with Crippen molar-refractivity contribution in [2.24, 2.45) is 5.41 Å². The van der Waals surface area contributed by atoms with Crippen molar-refractivity contribution in [2.75, 3.05) is 0 Å². The van der Waals surface area contributed by atoms with Crippen LogP contribution in [0.5, 0.6) is 0 Å². The van der Waals surface area contributed by atoms with Gasteiger partial charge in [-0.3, -0.25) is 0 Å². The van der Waals surface area contributed by atoms with Crippen LogP contribution in [0.15, 0.2) is 18.2 Å². The molecular weight excluding hydrogens is 263 g/mol. The van der Waals surface area contributed by atoms with Crippen molar-refractivity contribution in [1.82, 2.24) is 0 Å². The van der Waals surface area contributed by atoms with Gasteiger partial charge in [0.05, 0.1) is 0 Å². The molecule has 0 radical (unpaired) electrons. The molecule has 0 bridgehead atoms. The molecule has 1 aromatic rings. The Balaban J connectivity index is 2.82. The number of rotatable bonds is 4. The third kappa shape index (κ3) is 4.53. The van der Waals surface area contributed by atoms with E-state index < -0.39 is 0 Å². The van der Waals surface area contributed by atoms with E-state index >= 15 is 0 Å². The standard InChI is InChI=1S/C13H17Cl3/c1-9(14)7-13(2,3)8-10-6-11(15)4-5-12(10)16/h4-6,9H,7-8H2,1-3H3. The van der Waals surface area contributed by atoms with E-state index in [9.17, 15) is 0 Å². The second-order valence-corrected chi connectivity index (χ2v) is 6.65. The summed E-state index contributed by atoms with van der Waals surface area (Å²) in [6.07, 6.45) is 1.85. The molecule has 0 nitrogen and oxygen atoms in total. The van der Waals surface area contributed by atoms with Crippen molar-refractivity contribution < 1.29 is 0 Å². The molecule has 0 aliphatic carbocycles. The molecule has 3 heteroatoms. The van der Waals surface area contributed by atoms with Gasteiger partial charge in [-0.25, -0.2) is 0 Å². The highest BCUT2D eigenvalue weighted by atomic mass is 35.5. The van der Waals surface area contributed by atoms with Gasteiger partial charge in [-0.05, 0) is 48.9 Å². The molecule has 0 aromatic heterocycles. The molecule has 90 valence electrons. The Bertz CT molecular complexity index is 356. The summed E-state index contributed by atoms with van der Waals surface area (Å²) in [7, 11) is 0. The highest BCUT2D eigenvalue weighted by molar-refractivity contribution is 6.33. The highest BCUT2D eigenvalue weighted by Gasteiger charge is 2.22. The number of benzene rings is 1. The maximum absolute atomic E-state index is 6.15. The van der Waals surface area contributed by atoms with Gasteiger partial charge in [0.2, 0.25) is 0 Å². The van der Waals surface area contributed by atoms with E-state index in [-0.39, 0.29) is 10.8 Å². The zero-order chi connectivity index (χ0) is 12.3. The van der Waals surface area contributed by atoms with Crippen molar-refractivity contribution in [1.29, 1.82) is 0 Å². The van der Waals surface area contributed by atoms with Gasteiger partial charge in [-0.15, -0.1) is 11.6 Å². The second-order valence-electron chi connectivity index (χ2n) is 5.06. The predicted octanol–water partition coefficient (Wildman–Crippen LogP) is 5.58. The van der Waals surface area contributed by atoms with Gasteiger partial charge in [0, 0.05) is 15.4 Å². The Morgan fingerprint density at radius 2 is 1.88 bits per heavy atom. The lowest BCUT2D eigenvalue weighted by atomic mass is 9.82. The van der Waals surface area contributed by atoms with E-state index in [0.717, 1.165) is 28.5 Å². The Morgan fingerprint density at radius 3 is 2.44 bits per heavy atom. The summed E-state index contributed by atoms with van der Waals surface area (Å²) in [4.78, 5) is 0. The fourth-order valence-electron chi connectivity index (χ4n) is 2.03. The molecule has 1 aromatic carbocycles. The number of alkyl halides is 1.